The number of aromatic hydroxyl groups is 1. The van der Waals surface area contributed by atoms with Gasteiger partial charge < -0.3 is 20.1 Å². The molecule has 17 heavy (non-hydrogen) atoms. The minimum atomic E-state index is 0.134. The summed E-state index contributed by atoms with van der Waals surface area (Å²) in [7, 11) is 1.56. The summed E-state index contributed by atoms with van der Waals surface area (Å²) in [5, 5.41) is 14.0. The monoisotopic (exact) mass is 234 g/mol. The third-order valence-corrected chi connectivity index (χ3v) is 2.71. The number of anilines is 1. The molecule has 3 N–H and O–H groups in total. The van der Waals surface area contributed by atoms with E-state index in [1.165, 1.54) is 0 Å². The maximum Gasteiger partial charge on any atom is 0.222 e. The Labute approximate surface area is 98.8 Å². The fourth-order valence-electron chi connectivity index (χ4n) is 1.81. The number of phenols is 1. The van der Waals surface area contributed by atoms with Gasteiger partial charge in [0.25, 0.3) is 0 Å². The van der Waals surface area contributed by atoms with E-state index < -0.39 is 0 Å². The molecule has 0 amide bonds. The van der Waals surface area contributed by atoms with E-state index >= 15 is 0 Å². The molecule has 1 aromatic heterocycles. The second kappa shape index (κ2) is 4.01. The molecule has 0 fully saturated rings. The summed E-state index contributed by atoms with van der Waals surface area (Å²) in [5.41, 5.74) is 8.11. The van der Waals surface area contributed by atoms with Gasteiger partial charge in [0.1, 0.15) is 17.2 Å². The van der Waals surface area contributed by atoms with Crippen molar-refractivity contribution < 1.29 is 14.4 Å². The minimum Gasteiger partial charge on any atom is -0.507 e. The van der Waals surface area contributed by atoms with Crippen LogP contribution in [0.2, 0.25) is 0 Å². The van der Waals surface area contributed by atoms with E-state index in [0.29, 0.717) is 22.6 Å². The number of hydrogen-bond acceptors (Lipinski definition) is 5. The van der Waals surface area contributed by atoms with E-state index in [1.807, 2.05) is 13.0 Å². The highest BCUT2D eigenvalue weighted by Crippen LogP contribution is 2.39. The van der Waals surface area contributed by atoms with Crippen molar-refractivity contribution in [3.05, 3.63) is 23.3 Å². The molecular weight excluding hydrogens is 220 g/mol. The van der Waals surface area contributed by atoms with Crippen molar-refractivity contribution in [3.8, 4) is 22.8 Å². The summed E-state index contributed by atoms with van der Waals surface area (Å²) >= 11 is 0. The Morgan fingerprint density at radius 1 is 1.35 bits per heavy atom. The standard InChI is InChI=1S/C12H14N2O3/c1-6-4-9(16-3)7(2)12(15)11(6)8-5-10(13)17-14-8/h4-5,15H,13H2,1-3H3. The van der Waals surface area contributed by atoms with Crippen LogP contribution in [-0.2, 0) is 0 Å². The number of hydrogen-bond donors (Lipinski definition) is 2. The Kier molecular flexibility index (Phi) is 2.67. The molecule has 0 radical (unpaired) electrons. The Morgan fingerprint density at radius 2 is 2.06 bits per heavy atom. The Bertz CT molecular complexity index is 561. The van der Waals surface area contributed by atoms with Gasteiger partial charge in [-0.1, -0.05) is 5.16 Å². The normalized spacial score (nSPS) is 10.5. The van der Waals surface area contributed by atoms with Gasteiger partial charge in [-0.2, -0.15) is 0 Å². The van der Waals surface area contributed by atoms with Crippen molar-refractivity contribution in [1.29, 1.82) is 0 Å². The number of nitrogens with zero attached hydrogens (tertiary/aromatic N) is 1. The van der Waals surface area contributed by atoms with Gasteiger partial charge in [-0.3, -0.25) is 0 Å². The SMILES string of the molecule is COc1cc(C)c(-c2cc(N)on2)c(O)c1C. The van der Waals surface area contributed by atoms with E-state index in [2.05, 4.69) is 5.16 Å². The minimum absolute atomic E-state index is 0.134. The highest BCUT2D eigenvalue weighted by molar-refractivity contribution is 5.75. The van der Waals surface area contributed by atoms with Crippen molar-refractivity contribution in [2.24, 2.45) is 0 Å². The summed E-state index contributed by atoms with van der Waals surface area (Å²) in [4.78, 5) is 0. The van der Waals surface area contributed by atoms with E-state index in [0.717, 1.165) is 5.56 Å². The maximum absolute atomic E-state index is 10.2. The lowest BCUT2D eigenvalue weighted by Crippen LogP contribution is -1.93. The molecule has 1 heterocycles. The zero-order valence-corrected chi connectivity index (χ0v) is 9.94. The molecule has 2 rings (SSSR count). The summed E-state index contributed by atoms with van der Waals surface area (Å²) < 4.78 is 9.98. The first-order chi connectivity index (χ1) is 8.04. The van der Waals surface area contributed by atoms with Crippen LogP contribution in [0.4, 0.5) is 5.88 Å². The zero-order chi connectivity index (χ0) is 12.6. The van der Waals surface area contributed by atoms with Gasteiger partial charge in [-0.25, -0.2) is 0 Å². The molecule has 0 aliphatic rings. The van der Waals surface area contributed by atoms with Gasteiger partial charge >= 0.3 is 0 Å². The van der Waals surface area contributed by atoms with Gasteiger partial charge in [0.05, 0.1) is 7.11 Å². The number of methoxy groups -OCH3 is 1. The fraction of sp³-hybridized carbons (Fsp3) is 0.250. The third-order valence-electron chi connectivity index (χ3n) is 2.71. The van der Waals surface area contributed by atoms with Gasteiger partial charge in [0.2, 0.25) is 5.88 Å². The first-order valence-electron chi connectivity index (χ1n) is 5.14. The largest absolute Gasteiger partial charge is 0.507 e. The molecule has 1 aromatic carbocycles. The van der Waals surface area contributed by atoms with Crippen molar-refractivity contribution in [2.45, 2.75) is 13.8 Å². The first kappa shape index (κ1) is 11.3. The number of phenolic OH excluding ortho intramolecular Hbond substituents is 1. The van der Waals surface area contributed by atoms with E-state index in [-0.39, 0.29) is 11.6 Å². The second-order valence-electron chi connectivity index (χ2n) is 3.86. The van der Waals surface area contributed by atoms with Crippen LogP contribution in [0.25, 0.3) is 11.3 Å². The lowest BCUT2D eigenvalue weighted by Gasteiger charge is -2.12. The number of rotatable bonds is 2. The molecule has 0 spiro atoms. The molecule has 5 heteroatoms. The molecule has 0 aliphatic carbocycles. The predicted molar refractivity (Wildman–Crippen MR) is 64.0 cm³/mol. The lowest BCUT2D eigenvalue weighted by molar-refractivity contribution is 0.402. The third kappa shape index (κ3) is 1.80. The quantitative estimate of drug-likeness (QED) is 0.832. The average molecular weight is 234 g/mol. The fourth-order valence-corrected chi connectivity index (χ4v) is 1.81. The predicted octanol–water partition coefficient (Wildman–Crippen LogP) is 2.25. The molecule has 0 unspecified atom stereocenters. The Morgan fingerprint density at radius 3 is 2.59 bits per heavy atom. The maximum atomic E-state index is 10.2. The summed E-state index contributed by atoms with van der Waals surface area (Å²) in [5.74, 6) is 0.989. The average Bonchev–Trinajstić information content (AvgIpc) is 2.70. The van der Waals surface area contributed by atoms with Crippen LogP contribution < -0.4 is 10.5 Å². The van der Waals surface area contributed by atoms with Crippen LogP contribution in [-0.4, -0.2) is 17.4 Å². The van der Waals surface area contributed by atoms with Crippen LogP contribution in [0, 0.1) is 13.8 Å². The molecule has 5 nitrogen and oxygen atoms in total. The molecule has 0 aliphatic heterocycles. The Balaban J connectivity index is 2.66. The number of nitrogen functional groups attached to an aromatic ring is 1. The number of nitrogens with two attached hydrogens (primary N) is 1. The zero-order valence-electron chi connectivity index (χ0n) is 9.94. The number of aromatic nitrogens is 1. The van der Waals surface area contributed by atoms with Crippen LogP contribution in [0.5, 0.6) is 11.5 Å². The highest BCUT2D eigenvalue weighted by Gasteiger charge is 2.17. The smallest absolute Gasteiger partial charge is 0.222 e. The van der Waals surface area contributed by atoms with Crippen molar-refractivity contribution in [2.75, 3.05) is 12.8 Å². The van der Waals surface area contributed by atoms with Gasteiger partial charge in [-0.15, -0.1) is 0 Å². The van der Waals surface area contributed by atoms with Gasteiger partial charge in [0, 0.05) is 17.2 Å². The lowest BCUT2D eigenvalue weighted by atomic mass is 10.00. The molecule has 2 aromatic rings. The molecule has 90 valence electrons. The second-order valence-corrected chi connectivity index (χ2v) is 3.86. The van der Waals surface area contributed by atoms with Crippen LogP contribution >= 0.6 is 0 Å². The van der Waals surface area contributed by atoms with Crippen molar-refractivity contribution >= 4 is 5.88 Å². The number of aryl methyl sites for hydroxylation is 1. The molecule has 0 atom stereocenters. The summed E-state index contributed by atoms with van der Waals surface area (Å²) in [6, 6.07) is 3.42. The van der Waals surface area contributed by atoms with E-state index in [4.69, 9.17) is 15.0 Å². The van der Waals surface area contributed by atoms with Crippen molar-refractivity contribution in [1.82, 2.24) is 5.16 Å². The first-order valence-corrected chi connectivity index (χ1v) is 5.14. The van der Waals surface area contributed by atoms with E-state index in [9.17, 15) is 5.11 Å². The molecule has 0 saturated heterocycles. The summed E-state index contributed by atoms with van der Waals surface area (Å²) in [6.45, 7) is 3.64. The molecule has 0 saturated carbocycles. The van der Waals surface area contributed by atoms with Gasteiger partial charge in [0.15, 0.2) is 0 Å². The topological polar surface area (TPSA) is 81.5 Å². The highest BCUT2D eigenvalue weighted by atomic mass is 16.5. The van der Waals surface area contributed by atoms with Crippen molar-refractivity contribution in [3.63, 3.8) is 0 Å². The van der Waals surface area contributed by atoms with Crippen LogP contribution in [0.1, 0.15) is 11.1 Å². The van der Waals surface area contributed by atoms with Crippen LogP contribution in [0.3, 0.4) is 0 Å². The molecule has 0 bridgehead atoms. The number of ether oxygens (including phenoxy) is 1. The van der Waals surface area contributed by atoms with Crippen LogP contribution in [0.15, 0.2) is 16.7 Å². The van der Waals surface area contributed by atoms with Gasteiger partial charge in [-0.05, 0) is 25.5 Å². The molecular formula is C12H14N2O3. The van der Waals surface area contributed by atoms with E-state index in [1.54, 1.807) is 20.1 Å². The Hall–Kier alpha value is -2.17. The summed E-state index contributed by atoms with van der Waals surface area (Å²) in [6.07, 6.45) is 0. The number of benzene rings is 1.